The van der Waals surface area contributed by atoms with Crippen molar-refractivity contribution in [3.8, 4) is 5.88 Å². The van der Waals surface area contributed by atoms with Crippen LogP contribution in [-0.2, 0) is 0 Å². The maximum atomic E-state index is 12.0. The zero-order chi connectivity index (χ0) is 14.3. The molecule has 1 aliphatic rings. The number of aromatic amines is 1. The van der Waals surface area contributed by atoms with E-state index in [9.17, 15) is 9.59 Å². The SMILES string of the molecule is CC1(C)C=C(n2c(=O)cc[nH]c2=O)c2cccnc2O1. The molecule has 6 nitrogen and oxygen atoms in total. The van der Waals surface area contributed by atoms with E-state index in [1.54, 1.807) is 24.4 Å². The Morgan fingerprint density at radius 1 is 1.30 bits per heavy atom. The van der Waals surface area contributed by atoms with Gasteiger partial charge in [0.1, 0.15) is 5.60 Å². The van der Waals surface area contributed by atoms with Gasteiger partial charge >= 0.3 is 5.69 Å². The monoisotopic (exact) mass is 271 g/mol. The number of nitrogens with zero attached hydrogens (tertiary/aromatic N) is 2. The molecule has 2 aromatic rings. The van der Waals surface area contributed by atoms with Crippen molar-refractivity contribution >= 4 is 5.70 Å². The fourth-order valence-electron chi connectivity index (χ4n) is 2.19. The lowest BCUT2D eigenvalue weighted by atomic mass is 10.0. The normalized spacial score (nSPS) is 16.0. The van der Waals surface area contributed by atoms with Crippen LogP contribution in [0, 0.1) is 0 Å². The second kappa shape index (κ2) is 4.19. The van der Waals surface area contributed by atoms with Gasteiger partial charge in [-0.05, 0) is 32.1 Å². The molecule has 0 radical (unpaired) electrons. The average molecular weight is 271 g/mol. The maximum Gasteiger partial charge on any atom is 0.332 e. The minimum Gasteiger partial charge on any atom is -0.467 e. The summed E-state index contributed by atoms with van der Waals surface area (Å²) in [5.74, 6) is 0.408. The molecule has 0 amide bonds. The van der Waals surface area contributed by atoms with E-state index in [4.69, 9.17) is 4.74 Å². The van der Waals surface area contributed by atoms with Crippen LogP contribution in [0.1, 0.15) is 19.4 Å². The molecule has 0 saturated heterocycles. The van der Waals surface area contributed by atoms with Crippen molar-refractivity contribution < 1.29 is 4.74 Å². The molecule has 0 aromatic carbocycles. The van der Waals surface area contributed by atoms with Crippen LogP contribution in [0.15, 0.2) is 46.3 Å². The molecule has 1 aliphatic heterocycles. The summed E-state index contributed by atoms with van der Waals surface area (Å²) in [5.41, 5.74) is -0.441. The molecule has 0 fully saturated rings. The molecule has 20 heavy (non-hydrogen) atoms. The molecular weight excluding hydrogens is 258 g/mol. The summed E-state index contributed by atoms with van der Waals surface area (Å²) < 4.78 is 6.82. The topological polar surface area (TPSA) is 77.0 Å². The van der Waals surface area contributed by atoms with Gasteiger partial charge in [0.2, 0.25) is 5.88 Å². The number of pyridine rings is 1. The van der Waals surface area contributed by atoms with Crippen molar-refractivity contribution in [3.05, 3.63) is 63.1 Å². The van der Waals surface area contributed by atoms with E-state index in [1.807, 2.05) is 13.8 Å². The van der Waals surface area contributed by atoms with Crippen LogP contribution >= 0.6 is 0 Å². The zero-order valence-electron chi connectivity index (χ0n) is 11.1. The number of hydrogen-bond acceptors (Lipinski definition) is 4. The highest BCUT2D eigenvalue weighted by atomic mass is 16.5. The predicted molar refractivity (Wildman–Crippen MR) is 73.6 cm³/mol. The predicted octanol–water partition coefficient (Wildman–Crippen LogP) is 0.992. The van der Waals surface area contributed by atoms with Gasteiger partial charge in [0.15, 0.2) is 0 Å². The van der Waals surface area contributed by atoms with Crippen LogP contribution in [0.4, 0.5) is 0 Å². The van der Waals surface area contributed by atoms with Crippen molar-refractivity contribution in [1.29, 1.82) is 0 Å². The van der Waals surface area contributed by atoms with Crippen LogP contribution in [0.25, 0.3) is 5.70 Å². The number of H-pyrrole nitrogens is 1. The van der Waals surface area contributed by atoms with Gasteiger partial charge in [0.05, 0.1) is 11.3 Å². The molecular formula is C14H13N3O3. The lowest BCUT2D eigenvalue weighted by Gasteiger charge is -2.29. The van der Waals surface area contributed by atoms with Crippen molar-refractivity contribution in [3.63, 3.8) is 0 Å². The lowest BCUT2D eigenvalue weighted by molar-refractivity contribution is 0.149. The zero-order valence-corrected chi connectivity index (χ0v) is 11.1. The first-order valence-electron chi connectivity index (χ1n) is 6.16. The molecule has 0 unspecified atom stereocenters. The van der Waals surface area contributed by atoms with E-state index in [-0.39, 0.29) is 0 Å². The second-order valence-corrected chi connectivity index (χ2v) is 5.05. The van der Waals surface area contributed by atoms with E-state index in [1.165, 1.54) is 12.3 Å². The Labute approximate surface area is 114 Å². The number of aromatic nitrogens is 3. The lowest BCUT2D eigenvalue weighted by Crippen LogP contribution is -2.38. The molecule has 0 aliphatic carbocycles. The van der Waals surface area contributed by atoms with Crippen LogP contribution in [0.5, 0.6) is 5.88 Å². The summed E-state index contributed by atoms with van der Waals surface area (Å²) in [4.78, 5) is 30.6. The first kappa shape index (κ1) is 12.4. The van der Waals surface area contributed by atoms with Crippen LogP contribution < -0.4 is 16.0 Å². The van der Waals surface area contributed by atoms with Gasteiger partial charge in [-0.3, -0.25) is 4.79 Å². The van der Waals surface area contributed by atoms with Gasteiger partial charge in [0, 0.05) is 18.5 Å². The van der Waals surface area contributed by atoms with Crippen molar-refractivity contribution in [2.45, 2.75) is 19.4 Å². The number of hydrogen-bond donors (Lipinski definition) is 1. The minimum absolute atomic E-state index is 0.396. The van der Waals surface area contributed by atoms with E-state index >= 15 is 0 Å². The van der Waals surface area contributed by atoms with Gasteiger partial charge in [-0.1, -0.05) is 0 Å². The maximum absolute atomic E-state index is 12.0. The molecule has 6 heteroatoms. The van der Waals surface area contributed by atoms with E-state index in [2.05, 4.69) is 9.97 Å². The largest absolute Gasteiger partial charge is 0.467 e. The van der Waals surface area contributed by atoms with Crippen molar-refractivity contribution in [2.75, 3.05) is 0 Å². The summed E-state index contributed by atoms with van der Waals surface area (Å²) in [6.45, 7) is 3.68. The Kier molecular flexibility index (Phi) is 2.60. The fourth-order valence-corrected chi connectivity index (χ4v) is 2.19. The number of nitrogens with one attached hydrogen (secondary N) is 1. The Bertz CT molecular complexity index is 786. The van der Waals surface area contributed by atoms with E-state index < -0.39 is 16.9 Å². The molecule has 2 aromatic heterocycles. The third-order valence-electron chi connectivity index (χ3n) is 2.99. The number of rotatable bonds is 1. The second-order valence-electron chi connectivity index (χ2n) is 5.05. The van der Waals surface area contributed by atoms with Gasteiger partial charge < -0.3 is 9.72 Å². The van der Waals surface area contributed by atoms with Crippen LogP contribution in [0.2, 0.25) is 0 Å². The highest BCUT2D eigenvalue weighted by molar-refractivity contribution is 5.71. The van der Waals surface area contributed by atoms with Gasteiger partial charge in [-0.2, -0.15) is 0 Å². The van der Waals surface area contributed by atoms with Gasteiger partial charge in [-0.25, -0.2) is 14.3 Å². The highest BCUT2D eigenvalue weighted by Crippen LogP contribution is 2.33. The Morgan fingerprint density at radius 3 is 2.85 bits per heavy atom. The molecule has 0 spiro atoms. The average Bonchev–Trinajstić information content (AvgIpc) is 2.37. The first-order chi connectivity index (χ1) is 9.48. The molecule has 1 N–H and O–H groups in total. The third-order valence-corrected chi connectivity index (χ3v) is 2.99. The molecule has 3 heterocycles. The van der Waals surface area contributed by atoms with Crippen molar-refractivity contribution in [2.24, 2.45) is 0 Å². The van der Waals surface area contributed by atoms with E-state index in [0.717, 1.165) is 4.57 Å². The van der Waals surface area contributed by atoms with Crippen LogP contribution in [0.3, 0.4) is 0 Å². The molecule has 0 atom stereocenters. The Balaban J connectivity index is 2.34. The number of fused-ring (bicyclic) bond motifs is 1. The minimum atomic E-state index is -0.654. The molecule has 0 bridgehead atoms. The first-order valence-corrected chi connectivity index (χ1v) is 6.16. The summed E-state index contributed by atoms with van der Waals surface area (Å²) >= 11 is 0. The summed E-state index contributed by atoms with van der Waals surface area (Å²) in [6, 6.07) is 4.81. The third kappa shape index (κ3) is 1.95. The summed E-state index contributed by atoms with van der Waals surface area (Å²) in [6.07, 6.45) is 4.68. The standard InChI is InChI=1S/C14H13N3O3/c1-14(2)8-10(9-4-3-6-15-12(9)20-14)17-11(18)5-7-16-13(17)19/h3-8H,1-2H3,(H,16,19). The summed E-state index contributed by atoms with van der Waals surface area (Å²) in [7, 11) is 0. The molecule has 0 saturated carbocycles. The smallest absolute Gasteiger partial charge is 0.332 e. The Hall–Kier alpha value is -2.63. The molecule has 102 valence electrons. The quantitative estimate of drug-likeness (QED) is 0.839. The molecule has 3 rings (SSSR count). The van der Waals surface area contributed by atoms with Crippen LogP contribution in [-0.4, -0.2) is 20.1 Å². The number of ether oxygens (including phenoxy) is 1. The highest BCUT2D eigenvalue weighted by Gasteiger charge is 2.29. The summed E-state index contributed by atoms with van der Waals surface area (Å²) in [5, 5.41) is 0. The van der Waals surface area contributed by atoms with Gasteiger partial charge in [0.25, 0.3) is 5.56 Å². The Morgan fingerprint density at radius 2 is 2.10 bits per heavy atom. The van der Waals surface area contributed by atoms with Crippen molar-refractivity contribution in [1.82, 2.24) is 14.5 Å². The van der Waals surface area contributed by atoms with E-state index in [0.29, 0.717) is 17.1 Å². The fraction of sp³-hybridized carbons (Fsp3) is 0.214. The van der Waals surface area contributed by atoms with Gasteiger partial charge in [-0.15, -0.1) is 0 Å².